The molecule has 1 aliphatic carbocycles. The van der Waals surface area contributed by atoms with E-state index in [1.165, 1.54) is 29.1 Å². The van der Waals surface area contributed by atoms with Crippen LogP contribution in [-0.4, -0.2) is 15.0 Å². The molecule has 3 rings (SSSR count). The molecule has 0 saturated heterocycles. The highest BCUT2D eigenvalue weighted by molar-refractivity contribution is 7.91. The molecule has 0 aliphatic heterocycles. The van der Waals surface area contributed by atoms with E-state index in [0.717, 1.165) is 28.4 Å². The van der Waals surface area contributed by atoms with Crippen molar-refractivity contribution in [2.75, 3.05) is 6.54 Å². The second kappa shape index (κ2) is 5.67. The SMILES string of the molecule is Cl.NS(=O)(=O)c1cc2cc(CNCC3CC3)sc2s1. The summed E-state index contributed by atoms with van der Waals surface area (Å²) in [6.07, 6.45) is 2.70. The van der Waals surface area contributed by atoms with Gasteiger partial charge in [0.15, 0.2) is 0 Å². The molecule has 0 amide bonds. The molecule has 0 bridgehead atoms. The van der Waals surface area contributed by atoms with Crippen LogP contribution >= 0.6 is 35.1 Å². The number of sulfonamides is 1. The monoisotopic (exact) mass is 338 g/mol. The van der Waals surface area contributed by atoms with Crippen LogP contribution in [0.15, 0.2) is 16.3 Å². The highest BCUT2D eigenvalue weighted by atomic mass is 35.5. The van der Waals surface area contributed by atoms with Gasteiger partial charge in [-0.25, -0.2) is 13.6 Å². The van der Waals surface area contributed by atoms with E-state index in [1.54, 1.807) is 17.4 Å². The van der Waals surface area contributed by atoms with Crippen LogP contribution in [0, 0.1) is 5.92 Å². The molecule has 3 N–H and O–H groups in total. The maximum atomic E-state index is 11.2. The van der Waals surface area contributed by atoms with Gasteiger partial charge in [-0.3, -0.25) is 0 Å². The Hall–Kier alpha value is -0.180. The summed E-state index contributed by atoms with van der Waals surface area (Å²) in [4.78, 5) is 1.25. The van der Waals surface area contributed by atoms with Crippen molar-refractivity contribution in [1.29, 1.82) is 0 Å². The fraction of sp³-hybridized carbons (Fsp3) is 0.455. The summed E-state index contributed by atoms with van der Waals surface area (Å²) in [5.74, 6) is 0.875. The zero-order valence-corrected chi connectivity index (χ0v) is 13.4. The second-order valence-corrected chi connectivity index (χ2v) is 8.88. The van der Waals surface area contributed by atoms with Crippen LogP contribution in [0.2, 0.25) is 0 Å². The van der Waals surface area contributed by atoms with Gasteiger partial charge in [0.25, 0.3) is 0 Å². The number of fused-ring (bicyclic) bond motifs is 1. The molecule has 19 heavy (non-hydrogen) atoms. The van der Waals surface area contributed by atoms with Crippen molar-refractivity contribution in [3.05, 3.63) is 17.0 Å². The quantitative estimate of drug-likeness (QED) is 0.880. The molecule has 1 fully saturated rings. The molecule has 2 aromatic heterocycles. The number of primary sulfonamides is 1. The lowest BCUT2D eigenvalue weighted by molar-refractivity contribution is 0.600. The van der Waals surface area contributed by atoms with E-state index >= 15 is 0 Å². The number of thiophene rings is 2. The standard InChI is InChI=1S/C11H14N2O2S3.ClH/c12-18(14,15)10-4-8-3-9(16-11(8)17-10)6-13-5-7-1-2-7;/h3-4,7,13H,1-2,5-6H2,(H2,12,14,15);1H. The minimum Gasteiger partial charge on any atom is -0.312 e. The molecule has 8 heteroatoms. The second-order valence-electron chi connectivity index (χ2n) is 4.64. The van der Waals surface area contributed by atoms with Crippen molar-refractivity contribution in [1.82, 2.24) is 5.32 Å². The van der Waals surface area contributed by atoms with Crippen molar-refractivity contribution >= 4 is 54.5 Å². The Morgan fingerprint density at radius 3 is 2.63 bits per heavy atom. The first-order valence-corrected chi connectivity index (χ1v) is 8.96. The highest BCUT2D eigenvalue weighted by Crippen LogP contribution is 2.35. The van der Waals surface area contributed by atoms with E-state index < -0.39 is 10.0 Å². The smallest absolute Gasteiger partial charge is 0.247 e. The van der Waals surface area contributed by atoms with Gasteiger partial charge in [-0.15, -0.1) is 35.1 Å². The van der Waals surface area contributed by atoms with Crippen molar-refractivity contribution in [2.24, 2.45) is 11.1 Å². The van der Waals surface area contributed by atoms with Crippen LogP contribution in [0.3, 0.4) is 0 Å². The lowest BCUT2D eigenvalue weighted by Gasteiger charge is -1.99. The Morgan fingerprint density at radius 1 is 1.32 bits per heavy atom. The van der Waals surface area contributed by atoms with Gasteiger partial charge in [0.1, 0.15) is 4.21 Å². The zero-order chi connectivity index (χ0) is 12.8. The predicted molar refractivity (Wildman–Crippen MR) is 82.8 cm³/mol. The molecule has 0 aromatic carbocycles. The van der Waals surface area contributed by atoms with Crippen molar-refractivity contribution in [3.63, 3.8) is 0 Å². The summed E-state index contributed by atoms with van der Waals surface area (Å²) in [6, 6.07) is 3.71. The molecule has 1 aliphatic rings. The Bertz CT molecular complexity index is 642. The Kier molecular flexibility index (Phi) is 4.54. The van der Waals surface area contributed by atoms with Gasteiger partial charge < -0.3 is 5.32 Å². The highest BCUT2D eigenvalue weighted by Gasteiger charge is 2.20. The van der Waals surface area contributed by atoms with E-state index in [-0.39, 0.29) is 16.6 Å². The first kappa shape index (κ1) is 15.2. The summed E-state index contributed by atoms with van der Waals surface area (Å²) in [5.41, 5.74) is 0. The molecule has 4 nitrogen and oxygen atoms in total. The van der Waals surface area contributed by atoms with Gasteiger partial charge in [0.05, 0.1) is 4.01 Å². The van der Waals surface area contributed by atoms with Crippen molar-refractivity contribution in [3.8, 4) is 0 Å². The van der Waals surface area contributed by atoms with E-state index in [1.807, 2.05) is 6.07 Å². The molecule has 0 atom stereocenters. The number of nitrogens with one attached hydrogen (secondary N) is 1. The third-order valence-corrected chi connectivity index (χ3v) is 6.76. The molecule has 0 radical (unpaired) electrons. The largest absolute Gasteiger partial charge is 0.312 e. The summed E-state index contributed by atoms with van der Waals surface area (Å²) in [5, 5.41) is 9.53. The predicted octanol–water partition coefficient (Wildman–Crippen LogP) is 2.53. The normalized spacial score (nSPS) is 15.6. The molecular weight excluding hydrogens is 324 g/mol. The molecule has 2 heterocycles. The van der Waals surface area contributed by atoms with E-state index in [4.69, 9.17) is 5.14 Å². The first-order chi connectivity index (χ1) is 8.52. The fourth-order valence-corrected chi connectivity index (χ4v) is 5.18. The fourth-order valence-electron chi connectivity index (χ4n) is 1.82. The van der Waals surface area contributed by atoms with Crippen LogP contribution in [-0.2, 0) is 16.6 Å². The van der Waals surface area contributed by atoms with Crippen molar-refractivity contribution in [2.45, 2.75) is 23.6 Å². The molecule has 0 spiro atoms. The topological polar surface area (TPSA) is 72.2 Å². The molecule has 1 saturated carbocycles. The number of rotatable bonds is 5. The van der Waals surface area contributed by atoms with Gasteiger partial charge in [-0.05, 0) is 37.4 Å². The zero-order valence-electron chi connectivity index (χ0n) is 10.1. The maximum absolute atomic E-state index is 11.2. The van der Waals surface area contributed by atoms with Crippen LogP contribution in [0.5, 0.6) is 0 Å². The maximum Gasteiger partial charge on any atom is 0.247 e. The molecular formula is C11H15ClN2O2S3. The third kappa shape index (κ3) is 3.68. The van der Waals surface area contributed by atoms with E-state index in [9.17, 15) is 8.42 Å². The summed E-state index contributed by atoms with van der Waals surface area (Å²) < 4.78 is 23.7. The average molecular weight is 339 g/mol. The lowest BCUT2D eigenvalue weighted by atomic mass is 10.3. The van der Waals surface area contributed by atoms with Gasteiger partial charge in [0.2, 0.25) is 10.0 Å². The Labute approximate surface area is 126 Å². The van der Waals surface area contributed by atoms with Gasteiger partial charge in [0, 0.05) is 16.8 Å². The molecule has 0 unspecified atom stereocenters. The van der Waals surface area contributed by atoms with Crippen LogP contribution in [0.1, 0.15) is 17.7 Å². The Balaban J connectivity index is 0.00000133. The van der Waals surface area contributed by atoms with Gasteiger partial charge >= 0.3 is 0 Å². The number of halogens is 1. The van der Waals surface area contributed by atoms with Gasteiger partial charge in [-0.1, -0.05) is 0 Å². The summed E-state index contributed by atoms with van der Waals surface area (Å²) in [6.45, 7) is 1.96. The molecule has 106 valence electrons. The minimum atomic E-state index is -3.56. The lowest BCUT2D eigenvalue weighted by Crippen LogP contribution is -2.15. The van der Waals surface area contributed by atoms with Crippen LogP contribution in [0.4, 0.5) is 0 Å². The third-order valence-electron chi connectivity index (χ3n) is 2.95. The van der Waals surface area contributed by atoms with Gasteiger partial charge in [-0.2, -0.15) is 0 Å². The van der Waals surface area contributed by atoms with Crippen LogP contribution in [0.25, 0.3) is 9.40 Å². The number of hydrogen-bond acceptors (Lipinski definition) is 5. The summed E-state index contributed by atoms with van der Waals surface area (Å²) in [7, 11) is -3.56. The van der Waals surface area contributed by atoms with E-state index in [0.29, 0.717) is 0 Å². The summed E-state index contributed by atoms with van der Waals surface area (Å²) >= 11 is 2.90. The average Bonchev–Trinajstić information content (AvgIpc) is 2.84. The number of hydrogen-bond donors (Lipinski definition) is 2. The first-order valence-electron chi connectivity index (χ1n) is 5.78. The Morgan fingerprint density at radius 2 is 2.05 bits per heavy atom. The number of nitrogens with two attached hydrogens (primary N) is 1. The molecule has 2 aromatic rings. The minimum absolute atomic E-state index is 0. The van der Waals surface area contributed by atoms with Crippen molar-refractivity contribution < 1.29 is 8.42 Å². The van der Waals surface area contributed by atoms with Crippen LogP contribution < -0.4 is 10.5 Å². The van der Waals surface area contributed by atoms with E-state index in [2.05, 4.69) is 5.32 Å².